The summed E-state index contributed by atoms with van der Waals surface area (Å²) in [5, 5.41) is 13.0. The molecule has 1 aliphatic rings. The highest BCUT2D eigenvalue weighted by molar-refractivity contribution is 9.10. The summed E-state index contributed by atoms with van der Waals surface area (Å²) in [5.41, 5.74) is 7.09. The lowest BCUT2D eigenvalue weighted by molar-refractivity contribution is 0.564. The van der Waals surface area contributed by atoms with E-state index in [1.807, 2.05) is 22.9 Å². The van der Waals surface area contributed by atoms with E-state index in [4.69, 9.17) is 5.73 Å². The number of nitrogens with two attached hydrogens (primary N) is 1. The molecule has 0 saturated heterocycles. The van der Waals surface area contributed by atoms with Crippen molar-refractivity contribution in [1.82, 2.24) is 20.2 Å². The summed E-state index contributed by atoms with van der Waals surface area (Å²) in [7, 11) is 0. The van der Waals surface area contributed by atoms with Gasteiger partial charge in [0.05, 0.1) is 11.3 Å². The Bertz CT molecular complexity index is 569. The van der Waals surface area contributed by atoms with Gasteiger partial charge in [-0.2, -0.15) is 0 Å². The van der Waals surface area contributed by atoms with Crippen molar-refractivity contribution in [1.29, 1.82) is 0 Å². The zero-order valence-electron chi connectivity index (χ0n) is 10.2. The molecular formula is C12H14BrN5S. The van der Waals surface area contributed by atoms with E-state index >= 15 is 0 Å². The predicted octanol–water partition coefficient (Wildman–Crippen LogP) is 2.56. The smallest absolute Gasteiger partial charge is 0.210 e. The van der Waals surface area contributed by atoms with Gasteiger partial charge < -0.3 is 5.73 Å². The SMILES string of the molecule is NCC(Sc1nnnn1C1CC1)c1ccccc1Br. The minimum absolute atomic E-state index is 0.152. The lowest BCUT2D eigenvalue weighted by Crippen LogP contribution is -2.11. The highest BCUT2D eigenvalue weighted by Gasteiger charge is 2.29. The van der Waals surface area contributed by atoms with Gasteiger partial charge in [-0.3, -0.25) is 0 Å². The number of rotatable bonds is 5. The maximum atomic E-state index is 5.91. The summed E-state index contributed by atoms with van der Waals surface area (Å²) < 4.78 is 2.99. The van der Waals surface area contributed by atoms with Crippen LogP contribution < -0.4 is 5.73 Å². The summed E-state index contributed by atoms with van der Waals surface area (Å²) in [6.07, 6.45) is 2.34. The topological polar surface area (TPSA) is 69.6 Å². The molecule has 1 heterocycles. The second kappa shape index (κ2) is 5.60. The second-order valence-corrected chi connectivity index (χ2v) is 6.53. The van der Waals surface area contributed by atoms with Gasteiger partial charge in [0.2, 0.25) is 5.16 Å². The predicted molar refractivity (Wildman–Crippen MR) is 77.9 cm³/mol. The minimum Gasteiger partial charge on any atom is -0.329 e. The van der Waals surface area contributed by atoms with Crippen LogP contribution in [0.4, 0.5) is 0 Å². The molecule has 1 aromatic heterocycles. The van der Waals surface area contributed by atoms with E-state index < -0.39 is 0 Å². The summed E-state index contributed by atoms with van der Waals surface area (Å²) in [4.78, 5) is 0. The Kier molecular flexibility index (Phi) is 3.86. The van der Waals surface area contributed by atoms with Crippen LogP contribution in [0.1, 0.15) is 29.7 Å². The zero-order valence-corrected chi connectivity index (χ0v) is 12.6. The van der Waals surface area contributed by atoms with Crippen LogP contribution >= 0.6 is 27.7 Å². The zero-order chi connectivity index (χ0) is 13.2. The molecule has 0 bridgehead atoms. The van der Waals surface area contributed by atoms with Gasteiger partial charge >= 0.3 is 0 Å². The van der Waals surface area contributed by atoms with Crippen LogP contribution in [0.3, 0.4) is 0 Å². The van der Waals surface area contributed by atoms with Gasteiger partial charge in [-0.15, -0.1) is 5.10 Å². The second-order valence-electron chi connectivity index (χ2n) is 4.50. The number of benzene rings is 1. The van der Waals surface area contributed by atoms with Crippen molar-refractivity contribution in [3.8, 4) is 0 Å². The lowest BCUT2D eigenvalue weighted by atomic mass is 10.1. The standard InChI is InChI=1S/C12H14BrN5S/c13-10-4-2-1-3-9(10)11(7-14)19-12-15-16-17-18(12)8-5-6-8/h1-4,8,11H,5-7,14H2. The minimum atomic E-state index is 0.152. The van der Waals surface area contributed by atoms with Crippen LogP contribution in [0.2, 0.25) is 0 Å². The molecule has 1 fully saturated rings. The quantitative estimate of drug-likeness (QED) is 0.847. The molecule has 0 amide bonds. The van der Waals surface area contributed by atoms with Gasteiger partial charge in [0, 0.05) is 11.0 Å². The van der Waals surface area contributed by atoms with Crippen LogP contribution in [0, 0.1) is 0 Å². The first-order valence-electron chi connectivity index (χ1n) is 6.18. The number of hydrogen-bond acceptors (Lipinski definition) is 5. The molecule has 1 aromatic carbocycles. The maximum Gasteiger partial charge on any atom is 0.210 e. The number of nitrogens with zero attached hydrogens (tertiary/aromatic N) is 4. The van der Waals surface area contributed by atoms with E-state index in [0.717, 1.165) is 9.63 Å². The monoisotopic (exact) mass is 339 g/mol. The molecule has 1 saturated carbocycles. The number of aromatic nitrogens is 4. The van der Waals surface area contributed by atoms with Crippen LogP contribution in [0.5, 0.6) is 0 Å². The van der Waals surface area contributed by atoms with Crippen molar-refractivity contribution in [2.24, 2.45) is 5.73 Å². The molecule has 5 nitrogen and oxygen atoms in total. The Morgan fingerprint density at radius 3 is 2.89 bits per heavy atom. The van der Waals surface area contributed by atoms with E-state index in [9.17, 15) is 0 Å². The average Bonchev–Trinajstić information content (AvgIpc) is 3.17. The van der Waals surface area contributed by atoms with E-state index in [2.05, 4.69) is 37.5 Å². The maximum absolute atomic E-state index is 5.91. The first-order chi connectivity index (χ1) is 9.29. The van der Waals surface area contributed by atoms with Gasteiger partial charge in [0.25, 0.3) is 0 Å². The Morgan fingerprint density at radius 2 is 2.21 bits per heavy atom. The number of hydrogen-bond donors (Lipinski definition) is 1. The van der Waals surface area contributed by atoms with Crippen LogP contribution in [-0.2, 0) is 0 Å². The molecule has 7 heteroatoms. The van der Waals surface area contributed by atoms with Gasteiger partial charge in [0.1, 0.15) is 0 Å². The molecule has 2 N–H and O–H groups in total. The van der Waals surface area contributed by atoms with Crippen molar-refractivity contribution in [3.05, 3.63) is 34.3 Å². The van der Waals surface area contributed by atoms with E-state index in [1.54, 1.807) is 11.8 Å². The normalized spacial score (nSPS) is 16.5. The van der Waals surface area contributed by atoms with Crippen molar-refractivity contribution in [3.63, 3.8) is 0 Å². The number of thioether (sulfide) groups is 1. The van der Waals surface area contributed by atoms with E-state index in [-0.39, 0.29) is 5.25 Å². The molecule has 2 aromatic rings. The number of tetrazole rings is 1. The van der Waals surface area contributed by atoms with Gasteiger partial charge in [0.15, 0.2) is 0 Å². The van der Waals surface area contributed by atoms with Crippen molar-refractivity contribution in [2.75, 3.05) is 6.54 Å². The first-order valence-corrected chi connectivity index (χ1v) is 7.86. The summed E-state index contributed by atoms with van der Waals surface area (Å²) in [5.74, 6) is 0. The molecule has 19 heavy (non-hydrogen) atoms. The third-order valence-corrected chi connectivity index (χ3v) is 5.00. The van der Waals surface area contributed by atoms with Crippen molar-refractivity contribution < 1.29 is 0 Å². The van der Waals surface area contributed by atoms with Crippen molar-refractivity contribution in [2.45, 2.75) is 29.3 Å². The number of halogens is 1. The third kappa shape index (κ3) is 2.82. The van der Waals surface area contributed by atoms with Gasteiger partial charge in [-0.25, -0.2) is 4.68 Å². The van der Waals surface area contributed by atoms with Crippen LogP contribution in [-0.4, -0.2) is 26.8 Å². The van der Waals surface area contributed by atoms with Crippen LogP contribution in [0.25, 0.3) is 0 Å². The van der Waals surface area contributed by atoms with Gasteiger partial charge in [-0.05, 0) is 34.9 Å². The molecular weight excluding hydrogens is 326 g/mol. The molecule has 0 spiro atoms. The fourth-order valence-electron chi connectivity index (χ4n) is 1.91. The molecule has 0 aliphatic heterocycles. The van der Waals surface area contributed by atoms with Crippen LogP contribution in [0.15, 0.2) is 33.9 Å². The fraction of sp³-hybridized carbons (Fsp3) is 0.417. The highest BCUT2D eigenvalue weighted by atomic mass is 79.9. The highest BCUT2D eigenvalue weighted by Crippen LogP contribution is 2.41. The Hall–Kier alpha value is -0.920. The molecule has 1 aliphatic carbocycles. The Morgan fingerprint density at radius 1 is 1.42 bits per heavy atom. The van der Waals surface area contributed by atoms with Crippen molar-refractivity contribution >= 4 is 27.7 Å². The summed E-state index contributed by atoms with van der Waals surface area (Å²) >= 11 is 5.20. The third-order valence-electron chi connectivity index (χ3n) is 3.07. The van der Waals surface area contributed by atoms with E-state index in [0.29, 0.717) is 12.6 Å². The Balaban J connectivity index is 1.83. The van der Waals surface area contributed by atoms with E-state index in [1.165, 1.54) is 18.4 Å². The Labute approximate surface area is 124 Å². The largest absolute Gasteiger partial charge is 0.329 e. The molecule has 0 radical (unpaired) electrons. The lowest BCUT2D eigenvalue weighted by Gasteiger charge is -2.15. The molecule has 1 atom stereocenters. The molecule has 3 rings (SSSR count). The summed E-state index contributed by atoms with van der Waals surface area (Å²) in [6, 6.07) is 8.62. The molecule has 1 unspecified atom stereocenters. The summed E-state index contributed by atoms with van der Waals surface area (Å²) in [6.45, 7) is 0.546. The first kappa shape index (κ1) is 13.1. The average molecular weight is 340 g/mol. The fourth-order valence-corrected chi connectivity index (χ4v) is 3.69. The van der Waals surface area contributed by atoms with Gasteiger partial charge in [-0.1, -0.05) is 45.9 Å². The molecule has 100 valence electrons.